The second-order valence-corrected chi connectivity index (χ2v) is 9.69. The fourth-order valence-electron chi connectivity index (χ4n) is 4.89. The van der Waals surface area contributed by atoms with Crippen LogP contribution in [0.2, 0.25) is 0 Å². The highest BCUT2D eigenvalue weighted by Crippen LogP contribution is 2.34. The highest BCUT2D eigenvalue weighted by molar-refractivity contribution is 5.83. The molecule has 3 aromatic heterocycles. The molecule has 0 spiro atoms. The minimum absolute atomic E-state index is 0.0198. The summed E-state index contributed by atoms with van der Waals surface area (Å²) in [5.74, 6) is -0.717. The Morgan fingerprint density at radius 2 is 1.92 bits per heavy atom. The molecule has 0 radical (unpaired) electrons. The molecule has 0 amide bonds. The number of rotatable bonds is 5. The van der Waals surface area contributed by atoms with Crippen molar-refractivity contribution in [2.45, 2.75) is 30.7 Å². The van der Waals surface area contributed by atoms with Crippen molar-refractivity contribution in [3.05, 3.63) is 60.2 Å². The van der Waals surface area contributed by atoms with Gasteiger partial charge in [-0.05, 0) is 18.2 Å². The van der Waals surface area contributed by atoms with E-state index >= 15 is 0 Å². The quantitative estimate of drug-likeness (QED) is 0.406. The van der Waals surface area contributed by atoms with Gasteiger partial charge in [-0.15, -0.1) is 0 Å². The molecule has 10 nitrogen and oxygen atoms in total. The van der Waals surface area contributed by atoms with Crippen molar-refractivity contribution in [3.63, 3.8) is 0 Å². The molecular weight excluding hydrogens is 498 g/mol. The molecular formula is C26H26F2N6O4. The SMILES string of the molecule is Cn1cc(-c2nc3cnc(C4(O)COCC4O)cc3nc2N2CCC(Oc3ccc(F)cc3F)CC2)cn1. The zero-order valence-corrected chi connectivity index (χ0v) is 20.6. The molecule has 2 fully saturated rings. The third-order valence-corrected chi connectivity index (χ3v) is 7.03. The standard InChI is InChI=1S/C26H26F2N6O4/c1-33-12-15(10-30-33)24-25(34-6-4-17(5-7-34)38-21-3-2-16(27)8-18(21)28)32-19-9-22(29-11-20(19)31-24)26(36)14-37-13-23(26)35/h2-3,8-12,17,23,35-36H,4-7,13-14H2,1H3. The summed E-state index contributed by atoms with van der Waals surface area (Å²) in [6.45, 7) is 1.08. The minimum Gasteiger partial charge on any atom is -0.487 e. The summed E-state index contributed by atoms with van der Waals surface area (Å²) in [4.78, 5) is 16.2. The van der Waals surface area contributed by atoms with Crippen LogP contribution in [0.15, 0.2) is 42.9 Å². The Bertz CT molecular complexity index is 1490. The maximum atomic E-state index is 14.1. The predicted octanol–water partition coefficient (Wildman–Crippen LogP) is 2.33. The van der Waals surface area contributed by atoms with Crippen molar-refractivity contribution >= 4 is 16.9 Å². The largest absolute Gasteiger partial charge is 0.487 e. The van der Waals surface area contributed by atoms with Gasteiger partial charge in [0.05, 0.1) is 36.8 Å². The second kappa shape index (κ2) is 9.53. The molecule has 38 heavy (non-hydrogen) atoms. The molecule has 0 aliphatic carbocycles. The summed E-state index contributed by atoms with van der Waals surface area (Å²) >= 11 is 0. The molecule has 0 saturated carbocycles. The lowest BCUT2D eigenvalue weighted by Gasteiger charge is -2.33. The van der Waals surface area contributed by atoms with Gasteiger partial charge in [0.15, 0.2) is 23.0 Å². The summed E-state index contributed by atoms with van der Waals surface area (Å²) in [7, 11) is 1.82. The van der Waals surface area contributed by atoms with Crippen LogP contribution in [0.3, 0.4) is 0 Å². The normalized spacial score (nSPS) is 22.3. The smallest absolute Gasteiger partial charge is 0.167 e. The maximum Gasteiger partial charge on any atom is 0.167 e. The number of ether oxygens (including phenoxy) is 2. The van der Waals surface area contributed by atoms with Gasteiger partial charge < -0.3 is 24.6 Å². The van der Waals surface area contributed by atoms with Gasteiger partial charge in [0.2, 0.25) is 0 Å². The Morgan fingerprint density at radius 1 is 1.11 bits per heavy atom. The van der Waals surface area contributed by atoms with Crippen molar-refractivity contribution in [3.8, 4) is 17.0 Å². The van der Waals surface area contributed by atoms with Crippen LogP contribution in [-0.4, -0.2) is 73.5 Å². The van der Waals surface area contributed by atoms with Gasteiger partial charge in [-0.3, -0.25) is 9.67 Å². The lowest BCUT2D eigenvalue weighted by Crippen LogP contribution is -2.39. The van der Waals surface area contributed by atoms with Crippen molar-refractivity contribution < 1.29 is 28.5 Å². The fourth-order valence-corrected chi connectivity index (χ4v) is 4.89. The number of nitrogens with zero attached hydrogens (tertiary/aromatic N) is 6. The van der Waals surface area contributed by atoms with E-state index in [2.05, 4.69) is 15.0 Å². The summed E-state index contributed by atoms with van der Waals surface area (Å²) in [6.07, 6.45) is 4.94. The summed E-state index contributed by atoms with van der Waals surface area (Å²) in [5, 5.41) is 25.5. The third kappa shape index (κ3) is 4.44. The lowest BCUT2D eigenvalue weighted by atomic mass is 9.95. The molecule has 12 heteroatoms. The van der Waals surface area contributed by atoms with Crippen molar-refractivity contribution in [1.82, 2.24) is 24.7 Å². The van der Waals surface area contributed by atoms with E-state index in [1.165, 1.54) is 18.3 Å². The van der Waals surface area contributed by atoms with E-state index in [9.17, 15) is 19.0 Å². The minimum atomic E-state index is -1.62. The van der Waals surface area contributed by atoms with Crippen molar-refractivity contribution in [2.24, 2.45) is 7.05 Å². The molecule has 6 rings (SSSR count). The second-order valence-electron chi connectivity index (χ2n) is 9.69. The molecule has 2 saturated heterocycles. The van der Waals surface area contributed by atoms with E-state index < -0.39 is 23.3 Å². The Kier molecular flexibility index (Phi) is 6.17. The van der Waals surface area contributed by atoms with Crippen LogP contribution in [0.1, 0.15) is 18.5 Å². The molecule has 4 aromatic rings. The van der Waals surface area contributed by atoms with Gasteiger partial charge in [0, 0.05) is 50.8 Å². The monoisotopic (exact) mass is 524 g/mol. The first-order chi connectivity index (χ1) is 18.3. The van der Waals surface area contributed by atoms with Gasteiger partial charge in [-0.2, -0.15) is 5.10 Å². The van der Waals surface area contributed by atoms with Crippen molar-refractivity contribution in [2.75, 3.05) is 31.2 Å². The zero-order chi connectivity index (χ0) is 26.4. The van der Waals surface area contributed by atoms with Crippen LogP contribution in [-0.2, 0) is 17.4 Å². The number of piperidine rings is 1. The van der Waals surface area contributed by atoms with E-state index in [0.29, 0.717) is 48.5 Å². The number of aliphatic hydroxyl groups excluding tert-OH is 1. The molecule has 2 aliphatic heterocycles. The summed E-state index contributed by atoms with van der Waals surface area (Å²) in [5.41, 5.74) is 1.09. The Hall–Kier alpha value is -3.74. The number of aromatic nitrogens is 5. The molecule has 0 bridgehead atoms. The maximum absolute atomic E-state index is 14.1. The van der Waals surface area contributed by atoms with Gasteiger partial charge >= 0.3 is 0 Å². The number of pyridine rings is 1. The topological polar surface area (TPSA) is 119 Å². The van der Waals surface area contributed by atoms with E-state index in [-0.39, 0.29) is 30.8 Å². The molecule has 2 aliphatic rings. The van der Waals surface area contributed by atoms with Crippen LogP contribution in [0.5, 0.6) is 5.75 Å². The first-order valence-electron chi connectivity index (χ1n) is 12.3. The number of benzene rings is 1. The summed E-state index contributed by atoms with van der Waals surface area (Å²) < 4.78 is 40.1. The number of aliphatic hydroxyl groups is 2. The van der Waals surface area contributed by atoms with E-state index in [4.69, 9.17) is 19.4 Å². The number of hydrogen-bond donors (Lipinski definition) is 2. The van der Waals surface area contributed by atoms with Crippen LogP contribution >= 0.6 is 0 Å². The Labute approximate surface area is 216 Å². The predicted molar refractivity (Wildman–Crippen MR) is 132 cm³/mol. The molecule has 2 N–H and O–H groups in total. The molecule has 5 heterocycles. The number of fused-ring (bicyclic) bond motifs is 1. The molecule has 2 unspecified atom stereocenters. The first-order valence-corrected chi connectivity index (χ1v) is 12.3. The number of halogens is 2. The van der Waals surface area contributed by atoms with Crippen molar-refractivity contribution in [1.29, 1.82) is 0 Å². The highest BCUT2D eigenvalue weighted by Gasteiger charge is 2.44. The Morgan fingerprint density at radius 3 is 2.61 bits per heavy atom. The average Bonchev–Trinajstić information content (AvgIpc) is 3.50. The van der Waals surface area contributed by atoms with Crippen LogP contribution in [0.25, 0.3) is 22.3 Å². The van der Waals surface area contributed by atoms with Crippen LogP contribution < -0.4 is 9.64 Å². The highest BCUT2D eigenvalue weighted by atomic mass is 19.1. The lowest BCUT2D eigenvalue weighted by molar-refractivity contribution is -0.0508. The number of aryl methyl sites for hydroxylation is 1. The molecule has 1 aromatic carbocycles. The number of hydrogen-bond acceptors (Lipinski definition) is 9. The van der Waals surface area contributed by atoms with Gasteiger partial charge in [-0.25, -0.2) is 18.7 Å². The fraction of sp³-hybridized carbons (Fsp3) is 0.385. The first kappa shape index (κ1) is 24.6. The summed E-state index contributed by atoms with van der Waals surface area (Å²) in [6, 6.07) is 4.92. The van der Waals surface area contributed by atoms with E-state index in [1.54, 1.807) is 16.9 Å². The Balaban J connectivity index is 1.31. The van der Waals surface area contributed by atoms with Gasteiger partial charge in [0.25, 0.3) is 0 Å². The zero-order valence-electron chi connectivity index (χ0n) is 20.6. The van der Waals surface area contributed by atoms with Gasteiger partial charge in [0.1, 0.15) is 29.2 Å². The van der Waals surface area contributed by atoms with Crippen LogP contribution in [0, 0.1) is 11.6 Å². The molecule has 198 valence electrons. The van der Waals surface area contributed by atoms with E-state index in [0.717, 1.165) is 11.6 Å². The third-order valence-electron chi connectivity index (χ3n) is 7.03. The van der Waals surface area contributed by atoms with Crippen LogP contribution in [0.4, 0.5) is 14.6 Å². The van der Waals surface area contributed by atoms with Gasteiger partial charge in [-0.1, -0.05) is 0 Å². The number of anilines is 1. The molecule has 2 atom stereocenters. The average molecular weight is 525 g/mol. The van der Waals surface area contributed by atoms with E-state index in [1.807, 2.05) is 13.2 Å².